The second-order valence-corrected chi connectivity index (χ2v) is 3.65. The Morgan fingerprint density at radius 2 is 1.78 bits per heavy atom. The number of carbonyl (C=O) groups is 1. The topological polar surface area (TPSA) is 70.4 Å². The molecule has 0 saturated heterocycles. The molecule has 0 atom stereocenters. The van der Waals surface area contributed by atoms with Crippen molar-refractivity contribution in [1.29, 1.82) is 0 Å². The van der Waals surface area contributed by atoms with Gasteiger partial charge in [0, 0.05) is 24.0 Å². The van der Waals surface area contributed by atoms with Crippen LogP contribution in [0.2, 0.25) is 0 Å². The summed E-state index contributed by atoms with van der Waals surface area (Å²) < 4.78 is 0. The van der Waals surface area contributed by atoms with Gasteiger partial charge in [0.05, 0.1) is 5.56 Å². The van der Waals surface area contributed by atoms with Crippen molar-refractivity contribution >= 4 is 11.5 Å². The van der Waals surface area contributed by atoms with Gasteiger partial charge in [-0.05, 0) is 24.3 Å². The molecule has 0 radical (unpaired) electrons. The number of carbonyl (C=O) groups excluding carboxylic acids is 1. The van der Waals surface area contributed by atoms with E-state index in [4.69, 9.17) is 0 Å². The number of pyridine rings is 1. The molecule has 2 N–H and O–H groups in total. The van der Waals surface area contributed by atoms with Crippen LogP contribution in [0, 0.1) is 0 Å². The lowest BCUT2D eigenvalue weighted by Gasteiger charge is -2.01. The van der Waals surface area contributed by atoms with Gasteiger partial charge in [0.2, 0.25) is 0 Å². The highest BCUT2D eigenvalue weighted by Crippen LogP contribution is 2.18. The summed E-state index contributed by atoms with van der Waals surface area (Å²) in [4.78, 5) is 15.7. The number of phenols is 1. The zero-order valence-electron chi connectivity index (χ0n) is 9.45. The summed E-state index contributed by atoms with van der Waals surface area (Å²) in [6.07, 6.45) is 4.11. The van der Waals surface area contributed by atoms with Crippen molar-refractivity contribution in [3.05, 3.63) is 66.0 Å². The quantitative estimate of drug-likeness (QED) is 0.492. The molecule has 1 aromatic heterocycles. The predicted molar refractivity (Wildman–Crippen MR) is 67.3 cm³/mol. The number of aliphatic hydroxyl groups excluding tert-OH is 1. The van der Waals surface area contributed by atoms with Crippen molar-refractivity contribution in [2.45, 2.75) is 0 Å². The van der Waals surface area contributed by atoms with E-state index in [0.717, 1.165) is 6.08 Å². The number of benzene rings is 1. The number of nitrogens with zero attached hydrogens (tertiary/aromatic N) is 1. The Balaban J connectivity index is 2.29. The van der Waals surface area contributed by atoms with Gasteiger partial charge in [-0.2, -0.15) is 0 Å². The first kappa shape index (κ1) is 11.9. The molecule has 0 aliphatic carbocycles. The average molecular weight is 241 g/mol. The van der Waals surface area contributed by atoms with Gasteiger partial charge in [0.25, 0.3) is 0 Å². The average Bonchev–Trinajstić information content (AvgIpc) is 2.40. The largest absolute Gasteiger partial charge is 0.507 e. The van der Waals surface area contributed by atoms with E-state index in [1.54, 1.807) is 24.3 Å². The number of rotatable bonds is 3. The van der Waals surface area contributed by atoms with Crippen LogP contribution in [-0.4, -0.2) is 21.0 Å². The number of hydrogen-bond acceptors (Lipinski definition) is 4. The van der Waals surface area contributed by atoms with E-state index in [-0.39, 0.29) is 17.1 Å². The zero-order valence-corrected chi connectivity index (χ0v) is 9.45. The number of phenolic OH excluding ortho intramolecular Hbond substituents is 1. The van der Waals surface area contributed by atoms with Crippen LogP contribution in [0.5, 0.6) is 5.75 Å². The zero-order chi connectivity index (χ0) is 13.0. The Morgan fingerprint density at radius 3 is 2.44 bits per heavy atom. The number of para-hydroxylation sites is 1. The van der Waals surface area contributed by atoms with E-state index in [2.05, 4.69) is 4.98 Å². The van der Waals surface area contributed by atoms with Crippen LogP contribution in [-0.2, 0) is 0 Å². The molecule has 2 rings (SSSR count). The lowest BCUT2D eigenvalue weighted by atomic mass is 10.1. The molecule has 4 nitrogen and oxygen atoms in total. The lowest BCUT2D eigenvalue weighted by Crippen LogP contribution is -1.97. The molecule has 0 amide bonds. The fourth-order valence-corrected chi connectivity index (χ4v) is 1.49. The van der Waals surface area contributed by atoms with Gasteiger partial charge in [0.1, 0.15) is 11.5 Å². The monoisotopic (exact) mass is 241 g/mol. The summed E-state index contributed by atoms with van der Waals surface area (Å²) in [6, 6.07) is 9.36. The van der Waals surface area contributed by atoms with Crippen molar-refractivity contribution in [1.82, 2.24) is 4.98 Å². The van der Waals surface area contributed by atoms with E-state index in [1.807, 2.05) is 0 Å². The van der Waals surface area contributed by atoms with Crippen molar-refractivity contribution < 1.29 is 15.0 Å². The fraction of sp³-hybridized carbons (Fsp3) is 0. The predicted octanol–water partition coefficient (Wildman–Crippen LogP) is 2.57. The van der Waals surface area contributed by atoms with E-state index in [1.165, 1.54) is 24.5 Å². The van der Waals surface area contributed by atoms with Crippen molar-refractivity contribution in [2.75, 3.05) is 0 Å². The molecule has 0 aliphatic rings. The highest BCUT2D eigenvalue weighted by Gasteiger charge is 2.09. The summed E-state index contributed by atoms with van der Waals surface area (Å²) in [7, 11) is 0. The first-order valence-electron chi connectivity index (χ1n) is 5.32. The minimum atomic E-state index is -0.456. The molecular formula is C14H11NO3. The first-order chi connectivity index (χ1) is 8.68. The van der Waals surface area contributed by atoms with Crippen molar-refractivity contribution in [2.24, 2.45) is 0 Å². The van der Waals surface area contributed by atoms with Crippen LogP contribution >= 0.6 is 0 Å². The molecule has 0 spiro atoms. The van der Waals surface area contributed by atoms with Crippen LogP contribution in [0.25, 0.3) is 5.76 Å². The molecule has 0 unspecified atom stereocenters. The highest BCUT2D eigenvalue weighted by atomic mass is 16.3. The molecule has 0 fully saturated rings. The summed E-state index contributed by atoms with van der Waals surface area (Å²) in [5.41, 5.74) is 0.645. The molecule has 2 aromatic rings. The number of hydrogen-bond donors (Lipinski definition) is 2. The molecular weight excluding hydrogens is 230 g/mol. The lowest BCUT2D eigenvalue weighted by molar-refractivity contribution is 0.104. The summed E-state index contributed by atoms with van der Waals surface area (Å²) in [5, 5.41) is 19.3. The van der Waals surface area contributed by atoms with Crippen molar-refractivity contribution in [3.8, 4) is 5.75 Å². The normalized spacial score (nSPS) is 11.2. The van der Waals surface area contributed by atoms with Gasteiger partial charge in [-0.15, -0.1) is 0 Å². The molecule has 0 bridgehead atoms. The second kappa shape index (κ2) is 5.14. The standard InChI is InChI=1S/C14H11NO3/c16-12-4-2-1-3-11(12)14(18)9-13(17)10-5-7-15-8-6-10/h1-9,16-17H/b13-9-. The number of aromatic nitrogens is 1. The van der Waals surface area contributed by atoms with Crippen LogP contribution in [0.4, 0.5) is 0 Å². The summed E-state index contributed by atoms with van der Waals surface area (Å²) >= 11 is 0. The minimum Gasteiger partial charge on any atom is -0.507 e. The van der Waals surface area contributed by atoms with E-state index < -0.39 is 5.78 Å². The van der Waals surface area contributed by atoms with Gasteiger partial charge >= 0.3 is 0 Å². The van der Waals surface area contributed by atoms with Gasteiger partial charge in [-0.1, -0.05) is 12.1 Å². The molecule has 1 heterocycles. The molecule has 18 heavy (non-hydrogen) atoms. The SMILES string of the molecule is O=C(/C=C(\O)c1ccncc1)c1ccccc1O. The Labute approximate surface area is 104 Å². The van der Waals surface area contributed by atoms with Gasteiger partial charge < -0.3 is 10.2 Å². The van der Waals surface area contributed by atoms with Crippen LogP contribution in [0.3, 0.4) is 0 Å². The number of ketones is 1. The van der Waals surface area contributed by atoms with Gasteiger partial charge in [-0.25, -0.2) is 0 Å². The van der Waals surface area contributed by atoms with Crippen LogP contribution in [0.15, 0.2) is 54.9 Å². The number of aromatic hydroxyl groups is 1. The van der Waals surface area contributed by atoms with Gasteiger partial charge in [0.15, 0.2) is 5.78 Å². The first-order valence-corrected chi connectivity index (χ1v) is 5.32. The summed E-state index contributed by atoms with van der Waals surface area (Å²) in [6.45, 7) is 0. The summed E-state index contributed by atoms with van der Waals surface area (Å²) in [5.74, 6) is -0.727. The molecule has 0 aliphatic heterocycles. The van der Waals surface area contributed by atoms with E-state index in [0.29, 0.717) is 5.56 Å². The van der Waals surface area contributed by atoms with E-state index in [9.17, 15) is 15.0 Å². The van der Waals surface area contributed by atoms with E-state index >= 15 is 0 Å². The Hall–Kier alpha value is -2.62. The highest BCUT2D eigenvalue weighted by molar-refractivity contribution is 6.09. The Morgan fingerprint density at radius 1 is 1.11 bits per heavy atom. The third kappa shape index (κ3) is 2.55. The minimum absolute atomic E-state index is 0.110. The maximum atomic E-state index is 11.8. The maximum Gasteiger partial charge on any atom is 0.193 e. The Kier molecular flexibility index (Phi) is 3.38. The molecule has 0 saturated carbocycles. The maximum absolute atomic E-state index is 11.8. The van der Waals surface area contributed by atoms with Crippen LogP contribution < -0.4 is 0 Å². The number of aliphatic hydroxyl groups is 1. The smallest absolute Gasteiger partial charge is 0.193 e. The number of allylic oxidation sites excluding steroid dienone is 1. The Bertz CT molecular complexity index is 591. The third-order valence-electron chi connectivity index (χ3n) is 2.41. The second-order valence-electron chi connectivity index (χ2n) is 3.65. The molecule has 1 aromatic carbocycles. The van der Waals surface area contributed by atoms with Crippen molar-refractivity contribution in [3.63, 3.8) is 0 Å². The molecule has 90 valence electrons. The van der Waals surface area contributed by atoms with Crippen LogP contribution in [0.1, 0.15) is 15.9 Å². The molecule has 4 heteroatoms. The third-order valence-corrected chi connectivity index (χ3v) is 2.41. The fourth-order valence-electron chi connectivity index (χ4n) is 1.49. The van der Waals surface area contributed by atoms with Gasteiger partial charge in [-0.3, -0.25) is 9.78 Å².